The largest absolute Gasteiger partial charge is 0.444 e. The number of benzene rings is 1. The van der Waals surface area contributed by atoms with Crippen LogP contribution in [-0.2, 0) is 10.9 Å². The van der Waals surface area contributed by atoms with Crippen molar-refractivity contribution in [1.82, 2.24) is 4.90 Å². The van der Waals surface area contributed by atoms with Crippen LogP contribution in [0.15, 0.2) is 36.9 Å². The van der Waals surface area contributed by atoms with Gasteiger partial charge in [-0.2, -0.15) is 13.2 Å². The Morgan fingerprint density at radius 2 is 1.88 bits per heavy atom. The van der Waals surface area contributed by atoms with Crippen LogP contribution in [-0.4, -0.2) is 22.6 Å². The van der Waals surface area contributed by atoms with Gasteiger partial charge in [-0.25, -0.2) is 4.79 Å². The van der Waals surface area contributed by atoms with Crippen molar-refractivity contribution in [2.24, 2.45) is 0 Å². The molecule has 132 valence electrons. The number of halogens is 3. The summed E-state index contributed by atoms with van der Waals surface area (Å²) in [6.45, 7) is 8.87. The minimum atomic E-state index is -4.47. The molecule has 1 heterocycles. The maximum absolute atomic E-state index is 13.3. The lowest BCUT2D eigenvalue weighted by atomic mass is 9.98. The molecule has 1 aliphatic heterocycles. The van der Waals surface area contributed by atoms with E-state index in [4.69, 9.17) is 4.74 Å². The summed E-state index contributed by atoms with van der Waals surface area (Å²) in [6, 6.07) is 4.36. The predicted octanol–water partition coefficient (Wildman–Crippen LogP) is 5.33. The van der Waals surface area contributed by atoms with E-state index in [-0.39, 0.29) is 11.6 Å². The van der Waals surface area contributed by atoms with Crippen molar-refractivity contribution in [2.75, 3.05) is 0 Å². The summed E-state index contributed by atoms with van der Waals surface area (Å²) in [5, 5.41) is 0. The third-order valence-corrected chi connectivity index (χ3v) is 3.93. The smallest absolute Gasteiger partial charge is 0.416 e. The van der Waals surface area contributed by atoms with Crippen molar-refractivity contribution >= 4 is 6.09 Å². The molecule has 0 saturated carbocycles. The van der Waals surface area contributed by atoms with Crippen LogP contribution in [0.25, 0.3) is 0 Å². The van der Waals surface area contributed by atoms with Crippen LogP contribution in [0, 0.1) is 0 Å². The summed E-state index contributed by atoms with van der Waals surface area (Å²) >= 11 is 0. The Bertz CT molecular complexity index is 619. The SMILES string of the molecule is C=CC1CCC(c2ccccc2C(F)(F)F)N1C(=O)OC(C)(C)C. The summed E-state index contributed by atoms with van der Waals surface area (Å²) in [6.07, 6.45) is -2.52. The van der Waals surface area contributed by atoms with E-state index in [2.05, 4.69) is 6.58 Å². The monoisotopic (exact) mass is 341 g/mol. The molecule has 0 spiro atoms. The molecule has 1 aromatic rings. The van der Waals surface area contributed by atoms with Gasteiger partial charge in [-0.05, 0) is 45.2 Å². The number of alkyl halides is 3. The van der Waals surface area contributed by atoms with Gasteiger partial charge in [0.2, 0.25) is 0 Å². The van der Waals surface area contributed by atoms with E-state index in [1.165, 1.54) is 17.0 Å². The fourth-order valence-electron chi connectivity index (χ4n) is 3.00. The van der Waals surface area contributed by atoms with Gasteiger partial charge in [-0.3, -0.25) is 4.90 Å². The molecule has 1 aliphatic rings. The van der Waals surface area contributed by atoms with Crippen LogP contribution < -0.4 is 0 Å². The van der Waals surface area contributed by atoms with E-state index in [0.29, 0.717) is 12.8 Å². The fraction of sp³-hybridized carbons (Fsp3) is 0.500. The molecule has 2 atom stereocenters. The molecular formula is C18H22F3NO2. The highest BCUT2D eigenvalue weighted by molar-refractivity contribution is 5.70. The number of rotatable bonds is 2. The van der Waals surface area contributed by atoms with Crippen molar-refractivity contribution in [3.63, 3.8) is 0 Å². The Hall–Kier alpha value is -1.98. The first kappa shape index (κ1) is 18.4. The van der Waals surface area contributed by atoms with Gasteiger partial charge in [0.05, 0.1) is 17.6 Å². The molecule has 1 fully saturated rings. The van der Waals surface area contributed by atoms with Crippen molar-refractivity contribution in [2.45, 2.75) is 57.5 Å². The third-order valence-electron chi connectivity index (χ3n) is 3.93. The van der Waals surface area contributed by atoms with E-state index in [1.54, 1.807) is 32.9 Å². The first-order chi connectivity index (χ1) is 11.0. The van der Waals surface area contributed by atoms with E-state index >= 15 is 0 Å². The van der Waals surface area contributed by atoms with Crippen LogP contribution in [0.2, 0.25) is 0 Å². The molecule has 2 rings (SSSR count). The number of hydrogen-bond acceptors (Lipinski definition) is 2. The second-order valence-corrected chi connectivity index (χ2v) is 6.87. The molecule has 0 aliphatic carbocycles. The molecule has 3 nitrogen and oxygen atoms in total. The topological polar surface area (TPSA) is 29.5 Å². The number of likely N-dealkylation sites (tertiary alicyclic amines) is 1. The molecule has 0 N–H and O–H groups in total. The zero-order chi connectivity index (χ0) is 18.1. The van der Waals surface area contributed by atoms with Crippen LogP contribution in [0.5, 0.6) is 0 Å². The fourth-order valence-corrected chi connectivity index (χ4v) is 3.00. The molecule has 0 aromatic heterocycles. The Kier molecular flexibility index (Phi) is 4.97. The average Bonchev–Trinajstić information content (AvgIpc) is 2.88. The molecule has 1 amide bonds. The number of amides is 1. The summed E-state index contributed by atoms with van der Waals surface area (Å²) < 4.78 is 45.4. The zero-order valence-electron chi connectivity index (χ0n) is 14.1. The van der Waals surface area contributed by atoms with Crippen molar-refractivity contribution < 1.29 is 22.7 Å². The van der Waals surface area contributed by atoms with Gasteiger partial charge < -0.3 is 4.74 Å². The molecule has 2 unspecified atom stereocenters. The highest BCUT2D eigenvalue weighted by Crippen LogP contribution is 2.43. The Morgan fingerprint density at radius 3 is 2.42 bits per heavy atom. The number of ether oxygens (including phenoxy) is 1. The molecule has 6 heteroatoms. The van der Waals surface area contributed by atoms with Gasteiger partial charge in [0.15, 0.2) is 0 Å². The molecule has 0 radical (unpaired) electrons. The molecule has 0 bridgehead atoms. The summed E-state index contributed by atoms with van der Waals surface area (Å²) in [7, 11) is 0. The Balaban J connectivity index is 2.42. The first-order valence-electron chi connectivity index (χ1n) is 7.84. The lowest BCUT2D eigenvalue weighted by Crippen LogP contribution is -2.40. The van der Waals surface area contributed by atoms with E-state index in [1.807, 2.05) is 0 Å². The number of nitrogens with zero attached hydrogens (tertiary/aromatic N) is 1. The maximum atomic E-state index is 13.3. The van der Waals surface area contributed by atoms with Crippen LogP contribution in [0.3, 0.4) is 0 Å². The normalized spacial score (nSPS) is 21.7. The van der Waals surface area contributed by atoms with E-state index < -0.39 is 29.5 Å². The van der Waals surface area contributed by atoms with Crippen molar-refractivity contribution in [3.8, 4) is 0 Å². The van der Waals surface area contributed by atoms with Crippen molar-refractivity contribution in [1.29, 1.82) is 0 Å². The number of hydrogen-bond donors (Lipinski definition) is 0. The average molecular weight is 341 g/mol. The second kappa shape index (κ2) is 6.49. The van der Waals surface area contributed by atoms with Crippen molar-refractivity contribution in [3.05, 3.63) is 48.0 Å². The Labute approximate surface area is 140 Å². The van der Waals surface area contributed by atoms with Gasteiger partial charge in [0.1, 0.15) is 5.60 Å². The van der Waals surface area contributed by atoms with Gasteiger partial charge >= 0.3 is 12.3 Å². The number of carbonyl (C=O) groups excluding carboxylic acids is 1. The summed E-state index contributed by atoms with van der Waals surface area (Å²) in [5.74, 6) is 0. The molecular weight excluding hydrogens is 319 g/mol. The maximum Gasteiger partial charge on any atom is 0.416 e. The van der Waals surface area contributed by atoms with Crippen LogP contribution >= 0.6 is 0 Å². The van der Waals surface area contributed by atoms with Gasteiger partial charge in [0.25, 0.3) is 0 Å². The zero-order valence-corrected chi connectivity index (χ0v) is 14.1. The van der Waals surface area contributed by atoms with Gasteiger partial charge in [-0.1, -0.05) is 24.3 Å². The predicted molar refractivity (Wildman–Crippen MR) is 85.5 cm³/mol. The lowest BCUT2D eigenvalue weighted by Gasteiger charge is -2.32. The summed E-state index contributed by atoms with van der Waals surface area (Å²) in [5.41, 5.74) is -1.34. The van der Waals surface area contributed by atoms with Gasteiger partial charge in [-0.15, -0.1) is 6.58 Å². The molecule has 1 saturated heterocycles. The molecule has 1 aromatic carbocycles. The van der Waals surface area contributed by atoms with Gasteiger partial charge in [0, 0.05) is 0 Å². The Morgan fingerprint density at radius 1 is 1.25 bits per heavy atom. The minimum Gasteiger partial charge on any atom is -0.444 e. The highest BCUT2D eigenvalue weighted by Gasteiger charge is 2.43. The lowest BCUT2D eigenvalue weighted by molar-refractivity contribution is -0.138. The standard InChI is InChI=1S/C18H22F3NO2/c1-5-12-10-11-15(22(12)16(23)24-17(2,3)4)13-8-6-7-9-14(13)18(19,20)21/h5-9,12,15H,1,10-11H2,2-4H3. The summed E-state index contributed by atoms with van der Waals surface area (Å²) in [4.78, 5) is 13.9. The van der Waals surface area contributed by atoms with E-state index in [0.717, 1.165) is 6.07 Å². The van der Waals surface area contributed by atoms with E-state index in [9.17, 15) is 18.0 Å². The quantitative estimate of drug-likeness (QED) is 0.680. The van der Waals surface area contributed by atoms with Crippen LogP contribution in [0.4, 0.5) is 18.0 Å². The molecule has 24 heavy (non-hydrogen) atoms. The van der Waals surface area contributed by atoms with Crippen LogP contribution in [0.1, 0.15) is 50.8 Å². The second-order valence-electron chi connectivity index (χ2n) is 6.87. The number of carbonyl (C=O) groups is 1. The minimum absolute atomic E-state index is 0.0974. The third kappa shape index (κ3) is 3.91. The highest BCUT2D eigenvalue weighted by atomic mass is 19.4. The first-order valence-corrected chi connectivity index (χ1v) is 7.84.